The molecule has 7 heteroatoms. The summed E-state index contributed by atoms with van der Waals surface area (Å²) >= 11 is 3.32. The molecule has 4 N–H and O–H groups in total. The summed E-state index contributed by atoms with van der Waals surface area (Å²) in [7, 11) is 0. The van der Waals surface area contributed by atoms with Crippen LogP contribution in [0.4, 0.5) is 0 Å². The van der Waals surface area contributed by atoms with Crippen LogP contribution >= 0.6 is 15.9 Å². The highest BCUT2D eigenvalue weighted by Gasteiger charge is 2.11. The van der Waals surface area contributed by atoms with Gasteiger partial charge in [-0.2, -0.15) is 0 Å². The molecule has 0 aliphatic carbocycles. The Bertz CT molecular complexity index is 692. The summed E-state index contributed by atoms with van der Waals surface area (Å²) in [6.07, 6.45) is 0. The van der Waals surface area contributed by atoms with E-state index in [4.69, 9.17) is 4.74 Å². The van der Waals surface area contributed by atoms with Crippen molar-refractivity contribution < 1.29 is 19.6 Å². The van der Waals surface area contributed by atoms with Crippen LogP contribution in [0.15, 0.2) is 59.1 Å². The smallest absolute Gasteiger partial charge is 0.293 e. The van der Waals surface area contributed by atoms with Gasteiger partial charge in [-0.25, -0.2) is 0 Å². The molecule has 0 bridgehead atoms. The predicted octanol–water partition coefficient (Wildman–Crippen LogP) is 1.30. The summed E-state index contributed by atoms with van der Waals surface area (Å²) < 4.78 is 6.25. The highest BCUT2D eigenvalue weighted by Crippen LogP contribution is 2.15. The third kappa shape index (κ3) is 6.94. The maximum Gasteiger partial charge on any atom is 0.293 e. The van der Waals surface area contributed by atoms with E-state index in [0.717, 1.165) is 10.0 Å². The van der Waals surface area contributed by atoms with Crippen molar-refractivity contribution in [2.24, 2.45) is 0 Å². The number of amides is 2. The van der Waals surface area contributed by atoms with Gasteiger partial charge in [0.1, 0.15) is 11.8 Å². The van der Waals surface area contributed by atoms with Crippen molar-refractivity contribution in [2.75, 3.05) is 13.2 Å². The van der Waals surface area contributed by atoms with E-state index in [-0.39, 0.29) is 25.1 Å². The summed E-state index contributed by atoms with van der Waals surface area (Å²) in [6, 6.07) is 17.2. The lowest BCUT2D eigenvalue weighted by Gasteiger charge is -2.12. The van der Waals surface area contributed by atoms with Crippen molar-refractivity contribution >= 4 is 27.7 Å². The van der Waals surface area contributed by atoms with Gasteiger partial charge in [0, 0.05) is 10.0 Å². The lowest BCUT2D eigenvalue weighted by molar-refractivity contribution is -0.682. The Morgan fingerprint density at radius 2 is 1.68 bits per heavy atom. The van der Waals surface area contributed by atoms with Gasteiger partial charge in [-0.3, -0.25) is 20.4 Å². The number of halogens is 1. The van der Waals surface area contributed by atoms with Crippen LogP contribution in [0.3, 0.4) is 0 Å². The van der Waals surface area contributed by atoms with Gasteiger partial charge in [0.25, 0.3) is 11.8 Å². The van der Waals surface area contributed by atoms with Crippen LogP contribution in [-0.4, -0.2) is 25.0 Å². The number of nitrogens with two attached hydrogens (primary N) is 1. The standard InChI is InChI=1S/C18H20BrN3O3/c1-13(14-5-3-2-4-6-14)20-11-17(23)21-22-18(24)12-25-16-9-7-15(19)8-10-16/h2-10,13,20H,11-12H2,1H3,(H,21,23)(H,22,24)/p+1/t13-/m0/s1. The number of benzene rings is 2. The molecule has 0 unspecified atom stereocenters. The number of rotatable bonds is 7. The highest BCUT2D eigenvalue weighted by molar-refractivity contribution is 9.10. The molecule has 2 amide bonds. The lowest BCUT2D eigenvalue weighted by atomic mass is 10.1. The second-order valence-corrected chi connectivity index (χ2v) is 6.39. The number of carbonyl (C=O) groups is 2. The molecule has 0 aliphatic rings. The maximum absolute atomic E-state index is 11.8. The fraction of sp³-hybridized carbons (Fsp3) is 0.222. The Morgan fingerprint density at radius 1 is 1.04 bits per heavy atom. The van der Waals surface area contributed by atoms with Gasteiger partial charge < -0.3 is 10.1 Å². The molecule has 0 aromatic heterocycles. The maximum atomic E-state index is 11.8. The monoisotopic (exact) mass is 406 g/mol. The van der Waals surface area contributed by atoms with Gasteiger partial charge in [0.05, 0.1) is 0 Å². The van der Waals surface area contributed by atoms with E-state index in [0.29, 0.717) is 5.75 Å². The molecule has 2 aromatic carbocycles. The average molecular weight is 407 g/mol. The normalized spacial score (nSPS) is 11.4. The Kier molecular flexibility index (Phi) is 7.43. The fourth-order valence-corrected chi connectivity index (χ4v) is 2.35. The van der Waals surface area contributed by atoms with Gasteiger partial charge >= 0.3 is 0 Å². The number of hydrogen-bond acceptors (Lipinski definition) is 3. The van der Waals surface area contributed by atoms with Crippen molar-refractivity contribution in [3.8, 4) is 5.75 Å². The minimum Gasteiger partial charge on any atom is -0.484 e. The van der Waals surface area contributed by atoms with Crippen LogP contribution in [-0.2, 0) is 9.59 Å². The van der Waals surface area contributed by atoms with Gasteiger partial charge in [-0.1, -0.05) is 46.3 Å². The Morgan fingerprint density at radius 3 is 2.36 bits per heavy atom. The Labute approximate surface area is 155 Å². The van der Waals surface area contributed by atoms with Crippen molar-refractivity contribution in [1.82, 2.24) is 10.9 Å². The number of ether oxygens (including phenoxy) is 1. The zero-order valence-electron chi connectivity index (χ0n) is 13.9. The van der Waals surface area contributed by atoms with E-state index in [2.05, 4.69) is 26.8 Å². The molecule has 0 saturated carbocycles. The second kappa shape index (κ2) is 9.80. The zero-order valence-corrected chi connectivity index (χ0v) is 15.5. The lowest BCUT2D eigenvalue weighted by Crippen LogP contribution is -2.87. The fourth-order valence-electron chi connectivity index (χ4n) is 2.08. The van der Waals surface area contributed by atoms with Crippen LogP contribution < -0.4 is 20.9 Å². The summed E-state index contributed by atoms with van der Waals surface area (Å²) in [6.45, 7) is 2.06. The molecule has 1 atom stereocenters. The number of hydrogen-bond donors (Lipinski definition) is 3. The highest BCUT2D eigenvalue weighted by atomic mass is 79.9. The molecule has 0 spiro atoms. The molecule has 0 radical (unpaired) electrons. The van der Waals surface area contributed by atoms with Crippen molar-refractivity contribution in [3.63, 3.8) is 0 Å². The minimum atomic E-state index is -0.424. The number of nitrogens with one attached hydrogen (secondary N) is 2. The summed E-state index contributed by atoms with van der Waals surface area (Å²) in [5.41, 5.74) is 5.85. The third-order valence-electron chi connectivity index (χ3n) is 3.51. The van der Waals surface area contributed by atoms with Gasteiger partial charge in [-0.05, 0) is 31.2 Å². The first-order valence-electron chi connectivity index (χ1n) is 7.89. The van der Waals surface area contributed by atoms with Crippen LogP contribution in [0.2, 0.25) is 0 Å². The van der Waals surface area contributed by atoms with Gasteiger partial charge in [-0.15, -0.1) is 0 Å². The molecule has 0 saturated heterocycles. The molecule has 6 nitrogen and oxygen atoms in total. The first-order chi connectivity index (χ1) is 12.0. The van der Waals surface area contributed by atoms with Gasteiger partial charge in [0.15, 0.2) is 13.2 Å². The van der Waals surface area contributed by atoms with Crippen molar-refractivity contribution in [2.45, 2.75) is 13.0 Å². The SMILES string of the molecule is C[C@H]([NH2+]CC(=O)NNC(=O)COc1ccc(Br)cc1)c1ccccc1. The number of quaternary nitrogens is 1. The van der Waals surface area contributed by atoms with Crippen molar-refractivity contribution in [1.29, 1.82) is 0 Å². The van der Waals surface area contributed by atoms with Crippen LogP contribution in [0.25, 0.3) is 0 Å². The van der Waals surface area contributed by atoms with E-state index in [1.54, 1.807) is 12.1 Å². The van der Waals surface area contributed by atoms with E-state index < -0.39 is 5.91 Å². The molecule has 0 aliphatic heterocycles. The van der Waals surface area contributed by atoms with E-state index >= 15 is 0 Å². The number of carbonyl (C=O) groups excluding carboxylic acids is 2. The zero-order chi connectivity index (χ0) is 18.1. The molecule has 132 valence electrons. The molecule has 2 aromatic rings. The Balaban J connectivity index is 1.64. The molecule has 25 heavy (non-hydrogen) atoms. The molecule has 0 fully saturated rings. The van der Waals surface area contributed by atoms with Crippen LogP contribution in [0.1, 0.15) is 18.5 Å². The van der Waals surface area contributed by atoms with E-state index in [1.165, 1.54) is 0 Å². The van der Waals surface area contributed by atoms with Crippen molar-refractivity contribution in [3.05, 3.63) is 64.6 Å². The quantitative estimate of drug-likeness (QED) is 0.605. The number of hydrazine groups is 1. The summed E-state index contributed by atoms with van der Waals surface area (Å²) in [5, 5.41) is 1.90. The first kappa shape index (κ1) is 19.0. The average Bonchev–Trinajstić information content (AvgIpc) is 2.64. The largest absolute Gasteiger partial charge is 0.484 e. The minimum absolute atomic E-state index is 0.156. The van der Waals surface area contributed by atoms with E-state index in [1.807, 2.05) is 54.7 Å². The summed E-state index contributed by atoms with van der Waals surface area (Å²) in [5.74, 6) is -0.123. The third-order valence-corrected chi connectivity index (χ3v) is 4.04. The van der Waals surface area contributed by atoms with Crippen LogP contribution in [0.5, 0.6) is 5.75 Å². The molecule has 2 rings (SSSR count). The molecule has 0 heterocycles. The van der Waals surface area contributed by atoms with Crippen LogP contribution in [0, 0.1) is 0 Å². The molecular formula is C18H21BrN3O3+. The van der Waals surface area contributed by atoms with Gasteiger partial charge in [0.2, 0.25) is 0 Å². The second-order valence-electron chi connectivity index (χ2n) is 5.48. The van der Waals surface area contributed by atoms with E-state index in [9.17, 15) is 9.59 Å². The summed E-state index contributed by atoms with van der Waals surface area (Å²) in [4.78, 5) is 23.5. The predicted molar refractivity (Wildman–Crippen MR) is 97.6 cm³/mol. The molecular weight excluding hydrogens is 386 g/mol. The first-order valence-corrected chi connectivity index (χ1v) is 8.68. The Hall–Kier alpha value is -2.38. The topological polar surface area (TPSA) is 84.0 Å².